The van der Waals surface area contributed by atoms with E-state index in [0.717, 1.165) is 5.56 Å². The fourth-order valence-electron chi connectivity index (χ4n) is 1.09. The van der Waals surface area contributed by atoms with E-state index >= 15 is 0 Å². The molecule has 0 aromatic heterocycles. The molecule has 1 rings (SSSR count). The van der Waals surface area contributed by atoms with E-state index in [1.54, 1.807) is 12.1 Å². The molecule has 0 spiro atoms. The highest BCUT2D eigenvalue weighted by Crippen LogP contribution is 2.02. The molecule has 1 aromatic rings. The molecule has 0 aliphatic carbocycles. The Balaban J connectivity index is 2.32. The number of primary sulfonamides is 1. The zero-order valence-corrected chi connectivity index (χ0v) is 8.93. The van der Waals surface area contributed by atoms with Crippen molar-refractivity contribution in [3.05, 3.63) is 35.6 Å². The molecule has 0 unspecified atom stereocenters. The number of sulfonamides is 1. The monoisotopic (exact) mass is 232 g/mol. The summed E-state index contributed by atoms with van der Waals surface area (Å²) >= 11 is 0. The molecular formula is C9H13FN2O2S. The van der Waals surface area contributed by atoms with Crippen LogP contribution in [0.25, 0.3) is 0 Å². The van der Waals surface area contributed by atoms with Crippen LogP contribution in [0.1, 0.15) is 5.56 Å². The normalized spacial score (nSPS) is 11.6. The fourth-order valence-corrected chi connectivity index (χ4v) is 1.52. The standard InChI is InChI=1S/C9H13FN2O2S/c10-9-3-1-2-8(6-9)7-12-4-5-15(11,13)14/h1-3,6,12H,4-5,7H2,(H2,11,13,14). The molecule has 4 nitrogen and oxygen atoms in total. The first-order valence-electron chi connectivity index (χ1n) is 4.43. The molecule has 0 amide bonds. The maximum atomic E-state index is 12.7. The lowest BCUT2D eigenvalue weighted by Gasteiger charge is -2.03. The largest absolute Gasteiger partial charge is 0.312 e. The van der Waals surface area contributed by atoms with Crippen molar-refractivity contribution in [2.24, 2.45) is 5.14 Å². The SMILES string of the molecule is NS(=O)(=O)CCNCc1cccc(F)c1. The predicted octanol–water partition coefficient (Wildman–Crippen LogP) is 0.204. The summed E-state index contributed by atoms with van der Waals surface area (Å²) < 4.78 is 33.9. The summed E-state index contributed by atoms with van der Waals surface area (Å²) in [4.78, 5) is 0. The molecule has 0 aliphatic rings. The van der Waals surface area contributed by atoms with Gasteiger partial charge < -0.3 is 5.32 Å². The Morgan fingerprint density at radius 2 is 2.13 bits per heavy atom. The van der Waals surface area contributed by atoms with Crippen LogP contribution in [0.15, 0.2) is 24.3 Å². The van der Waals surface area contributed by atoms with Crippen molar-refractivity contribution in [1.29, 1.82) is 0 Å². The first-order valence-corrected chi connectivity index (χ1v) is 6.14. The van der Waals surface area contributed by atoms with Crippen LogP contribution in [0.2, 0.25) is 0 Å². The summed E-state index contributed by atoms with van der Waals surface area (Å²) in [5.41, 5.74) is 0.768. The smallest absolute Gasteiger partial charge is 0.210 e. The molecule has 84 valence electrons. The van der Waals surface area contributed by atoms with Gasteiger partial charge in [-0.15, -0.1) is 0 Å². The summed E-state index contributed by atoms with van der Waals surface area (Å²) in [7, 11) is -3.42. The zero-order chi connectivity index (χ0) is 11.3. The van der Waals surface area contributed by atoms with Crippen LogP contribution in [-0.4, -0.2) is 20.7 Å². The van der Waals surface area contributed by atoms with Crippen molar-refractivity contribution in [2.75, 3.05) is 12.3 Å². The van der Waals surface area contributed by atoms with E-state index in [4.69, 9.17) is 5.14 Å². The van der Waals surface area contributed by atoms with Crippen molar-refractivity contribution in [3.63, 3.8) is 0 Å². The zero-order valence-electron chi connectivity index (χ0n) is 8.11. The highest BCUT2D eigenvalue weighted by molar-refractivity contribution is 7.89. The van der Waals surface area contributed by atoms with Gasteiger partial charge in [-0.3, -0.25) is 0 Å². The van der Waals surface area contributed by atoms with Crippen molar-refractivity contribution < 1.29 is 12.8 Å². The Labute approximate surface area is 88.3 Å². The van der Waals surface area contributed by atoms with Crippen LogP contribution in [0.4, 0.5) is 4.39 Å². The number of benzene rings is 1. The Morgan fingerprint density at radius 1 is 1.40 bits per heavy atom. The van der Waals surface area contributed by atoms with E-state index < -0.39 is 10.0 Å². The van der Waals surface area contributed by atoms with Gasteiger partial charge in [0.1, 0.15) is 5.82 Å². The van der Waals surface area contributed by atoms with Gasteiger partial charge in [0.25, 0.3) is 0 Å². The molecular weight excluding hydrogens is 219 g/mol. The second kappa shape index (κ2) is 5.20. The Hall–Kier alpha value is -0.980. The summed E-state index contributed by atoms with van der Waals surface area (Å²) in [6.45, 7) is 0.683. The lowest BCUT2D eigenvalue weighted by Crippen LogP contribution is -2.26. The van der Waals surface area contributed by atoms with Crippen molar-refractivity contribution in [2.45, 2.75) is 6.54 Å². The van der Waals surface area contributed by atoms with Gasteiger partial charge >= 0.3 is 0 Å². The van der Waals surface area contributed by atoms with Gasteiger partial charge in [0.2, 0.25) is 10.0 Å². The maximum Gasteiger partial charge on any atom is 0.210 e. The van der Waals surface area contributed by atoms with Crippen LogP contribution in [-0.2, 0) is 16.6 Å². The lowest BCUT2D eigenvalue weighted by molar-refractivity contribution is 0.591. The van der Waals surface area contributed by atoms with E-state index in [1.165, 1.54) is 12.1 Å². The van der Waals surface area contributed by atoms with Crippen LogP contribution in [0.5, 0.6) is 0 Å². The quantitative estimate of drug-likeness (QED) is 0.712. The highest BCUT2D eigenvalue weighted by atomic mass is 32.2. The summed E-state index contributed by atoms with van der Waals surface area (Å²) in [5, 5.41) is 7.67. The third kappa shape index (κ3) is 5.46. The summed E-state index contributed by atoms with van der Waals surface area (Å²) in [6, 6.07) is 6.11. The van der Waals surface area contributed by atoms with E-state index in [2.05, 4.69) is 5.32 Å². The van der Waals surface area contributed by atoms with Gasteiger partial charge in [0, 0.05) is 13.1 Å². The van der Waals surface area contributed by atoms with Crippen LogP contribution < -0.4 is 10.5 Å². The third-order valence-corrected chi connectivity index (χ3v) is 2.55. The van der Waals surface area contributed by atoms with Gasteiger partial charge in [-0.2, -0.15) is 0 Å². The first-order chi connectivity index (χ1) is 6.97. The fraction of sp³-hybridized carbons (Fsp3) is 0.333. The number of nitrogens with one attached hydrogen (secondary N) is 1. The minimum absolute atomic E-state index is 0.123. The number of halogens is 1. The minimum Gasteiger partial charge on any atom is -0.312 e. The Kier molecular flexibility index (Phi) is 4.19. The molecule has 0 atom stereocenters. The molecule has 0 bridgehead atoms. The van der Waals surface area contributed by atoms with Gasteiger partial charge in [0.15, 0.2) is 0 Å². The number of nitrogens with two attached hydrogens (primary N) is 1. The molecule has 1 aromatic carbocycles. The lowest BCUT2D eigenvalue weighted by atomic mass is 10.2. The van der Waals surface area contributed by atoms with Gasteiger partial charge in [-0.1, -0.05) is 12.1 Å². The van der Waals surface area contributed by atoms with Crippen molar-refractivity contribution in [3.8, 4) is 0 Å². The first kappa shape index (κ1) is 12.1. The molecule has 0 heterocycles. The molecule has 0 radical (unpaired) electrons. The average molecular weight is 232 g/mol. The van der Waals surface area contributed by atoms with Crippen LogP contribution in [0, 0.1) is 5.82 Å². The maximum absolute atomic E-state index is 12.7. The number of hydrogen-bond donors (Lipinski definition) is 2. The van der Waals surface area contributed by atoms with Crippen molar-refractivity contribution in [1.82, 2.24) is 5.32 Å². The molecule has 0 fully saturated rings. The Bertz CT molecular complexity index is 420. The number of hydrogen-bond acceptors (Lipinski definition) is 3. The molecule has 0 saturated carbocycles. The van der Waals surface area contributed by atoms with Crippen LogP contribution >= 0.6 is 0 Å². The molecule has 0 saturated heterocycles. The highest BCUT2D eigenvalue weighted by Gasteiger charge is 2.01. The molecule has 15 heavy (non-hydrogen) atoms. The van der Waals surface area contributed by atoms with Crippen LogP contribution in [0.3, 0.4) is 0 Å². The predicted molar refractivity (Wildman–Crippen MR) is 56.1 cm³/mol. The second-order valence-electron chi connectivity index (χ2n) is 3.17. The van der Waals surface area contributed by atoms with Gasteiger partial charge in [0.05, 0.1) is 5.75 Å². The minimum atomic E-state index is -3.42. The van der Waals surface area contributed by atoms with Gasteiger partial charge in [-0.05, 0) is 17.7 Å². The van der Waals surface area contributed by atoms with E-state index in [0.29, 0.717) is 6.54 Å². The summed E-state index contributed by atoms with van der Waals surface area (Å²) in [5.74, 6) is -0.428. The average Bonchev–Trinajstić information content (AvgIpc) is 2.11. The van der Waals surface area contributed by atoms with Gasteiger partial charge in [-0.25, -0.2) is 17.9 Å². The number of rotatable bonds is 5. The Morgan fingerprint density at radius 3 is 2.73 bits per heavy atom. The summed E-state index contributed by atoms with van der Waals surface area (Å²) in [6.07, 6.45) is 0. The third-order valence-electron chi connectivity index (χ3n) is 1.78. The molecule has 6 heteroatoms. The molecule has 3 N–H and O–H groups in total. The second-order valence-corrected chi connectivity index (χ2v) is 4.91. The van der Waals surface area contributed by atoms with E-state index in [-0.39, 0.29) is 18.1 Å². The van der Waals surface area contributed by atoms with Crippen molar-refractivity contribution >= 4 is 10.0 Å². The molecule has 0 aliphatic heterocycles. The van der Waals surface area contributed by atoms with E-state index in [1.807, 2.05) is 0 Å². The van der Waals surface area contributed by atoms with E-state index in [9.17, 15) is 12.8 Å². The topological polar surface area (TPSA) is 72.2 Å².